The highest BCUT2D eigenvalue weighted by Gasteiger charge is 2.11. The molecule has 25 heavy (non-hydrogen) atoms. The van der Waals surface area contributed by atoms with Gasteiger partial charge in [-0.1, -0.05) is 0 Å². The first-order valence-corrected chi connectivity index (χ1v) is 7.68. The molecule has 0 fully saturated rings. The fraction of sp³-hybridized carbons (Fsp3) is 0.158. The molecule has 0 saturated heterocycles. The molecule has 0 aliphatic rings. The van der Waals surface area contributed by atoms with Crippen LogP contribution in [0.1, 0.15) is 23.0 Å². The van der Waals surface area contributed by atoms with E-state index >= 15 is 0 Å². The van der Waals surface area contributed by atoms with Crippen molar-refractivity contribution in [2.24, 2.45) is 0 Å². The third-order valence-corrected chi connectivity index (χ3v) is 3.57. The summed E-state index contributed by atoms with van der Waals surface area (Å²) in [6.45, 7) is 3.99. The topological polar surface area (TPSA) is 51.2 Å². The number of halogens is 2. The van der Waals surface area contributed by atoms with Crippen molar-refractivity contribution in [3.63, 3.8) is 0 Å². The Morgan fingerprint density at radius 2 is 1.88 bits per heavy atom. The summed E-state index contributed by atoms with van der Waals surface area (Å²) in [7, 11) is 0. The molecule has 0 atom stereocenters. The van der Waals surface area contributed by atoms with E-state index < -0.39 is 0 Å². The number of hydrogen-bond acceptors (Lipinski definition) is 4. The summed E-state index contributed by atoms with van der Waals surface area (Å²) in [6, 6.07) is 13.2. The molecule has 2 aromatic carbocycles. The van der Waals surface area contributed by atoms with E-state index in [1.54, 1.807) is 37.3 Å². The molecule has 0 unspecified atom stereocenters. The number of anilines is 2. The Morgan fingerprint density at radius 3 is 2.56 bits per heavy atom. The lowest BCUT2D eigenvalue weighted by molar-refractivity contribution is -0.0000235. The van der Waals surface area contributed by atoms with Crippen LogP contribution in [0, 0.1) is 12.7 Å². The summed E-state index contributed by atoms with van der Waals surface area (Å²) in [5.41, 5.74) is 3.64. The van der Waals surface area contributed by atoms with Crippen molar-refractivity contribution in [1.82, 2.24) is 4.98 Å². The number of carbonyl (C=O) groups excluding carboxylic acids is 1. The standard InChI is InChI=1S/C19H17FN2O2.ClH/c1-3-24-19(23)13-4-9-17-16(11-13)18(10-12(2)21-17)22-15-7-5-14(20)6-8-15;/h4-11H,3H2,1-2H3,(H,21,22);1H/p-1. The van der Waals surface area contributed by atoms with Gasteiger partial charge in [-0.15, -0.1) is 0 Å². The number of nitrogens with one attached hydrogen (secondary N) is 1. The SMILES string of the molecule is CCOC(=O)c1ccc2nc(C)cc(Nc3ccc(F)cc3)c2c1.[Cl-]. The molecule has 0 saturated carbocycles. The molecule has 0 spiro atoms. The van der Waals surface area contributed by atoms with E-state index in [2.05, 4.69) is 10.3 Å². The molecular formula is C19H17ClFN2O2-. The van der Waals surface area contributed by atoms with Crippen LogP contribution >= 0.6 is 0 Å². The number of hydrogen-bond donors (Lipinski definition) is 1. The van der Waals surface area contributed by atoms with Crippen LogP contribution in [0.3, 0.4) is 0 Å². The quantitative estimate of drug-likeness (QED) is 0.719. The van der Waals surface area contributed by atoms with E-state index in [1.807, 2.05) is 13.0 Å². The zero-order valence-corrected chi connectivity index (χ0v) is 14.6. The van der Waals surface area contributed by atoms with Gasteiger partial charge in [0.2, 0.25) is 0 Å². The van der Waals surface area contributed by atoms with Crippen molar-refractivity contribution in [2.75, 3.05) is 11.9 Å². The molecular weight excluding hydrogens is 343 g/mol. The van der Waals surface area contributed by atoms with E-state index in [0.29, 0.717) is 12.2 Å². The van der Waals surface area contributed by atoms with Gasteiger partial charge in [0, 0.05) is 22.5 Å². The average Bonchev–Trinajstić information content (AvgIpc) is 2.56. The van der Waals surface area contributed by atoms with Gasteiger partial charge < -0.3 is 22.5 Å². The molecule has 6 heteroatoms. The summed E-state index contributed by atoms with van der Waals surface area (Å²) in [6.07, 6.45) is 0. The lowest BCUT2D eigenvalue weighted by Gasteiger charge is -2.12. The highest BCUT2D eigenvalue weighted by Crippen LogP contribution is 2.27. The number of nitrogens with zero attached hydrogens (tertiary/aromatic N) is 1. The van der Waals surface area contributed by atoms with Crippen LogP contribution in [0.4, 0.5) is 15.8 Å². The van der Waals surface area contributed by atoms with E-state index in [1.165, 1.54) is 12.1 Å². The average molecular weight is 360 g/mol. The number of fused-ring (bicyclic) bond motifs is 1. The van der Waals surface area contributed by atoms with E-state index in [9.17, 15) is 9.18 Å². The number of esters is 1. The fourth-order valence-electron chi connectivity index (χ4n) is 2.49. The predicted octanol–water partition coefficient (Wildman–Crippen LogP) is 1.61. The molecule has 3 rings (SSSR count). The van der Waals surface area contributed by atoms with Crippen LogP contribution in [0.15, 0.2) is 48.5 Å². The maximum atomic E-state index is 13.1. The van der Waals surface area contributed by atoms with Gasteiger partial charge in [-0.3, -0.25) is 4.98 Å². The summed E-state index contributed by atoms with van der Waals surface area (Å²) >= 11 is 0. The smallest absolute Gasteiger partial charge is 0.338 e. The molecule has 1 aromatic heterocycles. The Labute approximate surface area is 151 Å². The molecule has 0 bridgehead atoms. The van der Waals surface area contributed by atoms with E-state index in [-0.39, 0.29) is 24.2 Å². The minimum absolute atomic E-state index is 0. The van der Waals surface area contributed by atoms with E-state index in [4.69, 9.17) is 4.74 Å². The van der Waals surface area contributed by atoms with Gasteiger partial charge in [0.05, 0.1) is 17.7 Å². The first-order chi connectivity index (χ1) is 11.6. The second-order valence-electron chi connectivity index (χ2n) is 5.40. The molecule has 1 heterocycles. The van der Waals surface area contributed by atoms with Gasteiger partial charge in [0.1, 0.15) is 5.82 Å². The van der Waals surface area contributed by atoms with E-state index in [0.717, 1.165) is 28.0 Å². The molecule has 0 aliphatic carbocycles. The molecule has 0 aliphatic heterocycles. The third kappa shape index (κ3) is 4.25. The van der Waals surface area contributed by atoms with Gasteiger partial charge in [-0.2, -0.15) is 0 Å². The number of carbonyl (C=O) groups is 1. The fourth-order valence-corrected chi connectivity index (χ4v) is 2.49. The van der Waals surface area contributed by atoms with Crippen molar-refractivity contribution in [3.8, 4) is 0 Å². The Hall–Kier alpha value is -2.66. The van der Waals surface area contributed by atoms with Crippen LogP contribution < -0.4 is 17.7 Å². The first kappa shape index (κ1) is 18.7. The molecule has 130 valence electrons. The van der Waals surface area contributed by atoms with Crippen LogP contribution in [0.5, 0.6) is 0 Å². The van der Waals surface area contributed by atoms with Crippen LogP contribution in [-0.4, -0.2) is 17.6 Å². The minimum atomic E-state index is -0.368. The molecule has 0 radical (unpaired) electrons. The Balaban J connectivity index is 0.00000225. The zero-order chi connectivity index (χ0) is 17.1. The van der Waals surface area contributed by atoms with Crippen molar-refractivity contribution >= 4 is 28.2 Å². The van der Waals surface area contributed by atoms with Crippen molar-refractivity contribution in [2.45, 2.75) is 13.8 Å². The normalized spacial score (nSPS) is 10.2. The first-order valence-electron chi connectivity index (χ1n) is 7.68. The number of benzene rings is 2. The van der Waals surface area contributed by atoms with Gasteiger partial charge in [0.25, 0.3) is 0 Å². The van der Waals surface area contributed by atoms with Gasteiger partial charge in [-0.05, 0) is 62.4 Å². The maximum absolute atomic E-state index is 13.1. The van der Waals surface area contributed by atoms with Crippen LogP contribution in [0.25, 0.3) is 10.9 Å². The van der Waals surface area contributed by atoms with Crippen LogP contribution in [-0.2, 0) is 4.74 Å². The largest absolute Gasteiger partial charge is 1.00 e. The minimum Gasteiger partial charge on any atom is -1.00 e. The molecule has 4 nitrogen and oxygen atoms in total. The monoisotopic (exact) mass is 359 g/mol. The Kier molecular flexibility index (Phi) is 5.93. The number of aromatic nitrogens is 1. The van der Waals surface area contributed by atoms with Crippen LogP contribution in [0.2, 0.25) is 0 Å². The zero-order valence-electron chi connectivity index (χ0n) is 13.8. The van der Waals surface area contributed by atoms with Gasteiger partial charge in [-0.25, -0.2) is 9.18 Å². The Morgan fingerprint density at radius 1 is 1.16 bits per heavy atom. The number of rotatable bonds is 4. The third-order valence-electron chi connectivity index (χ3n) is 3.57. The highest BCUT2D eigenvalue weighted by molar-refractivity contribution is 5.99. The summed E-state index contributed by atoms with van der Waals surface area (Å²) in [4.78, 5) is 16.4. The summed E-state index contributed by atoms with van der Waals surface area (Å²) < 4.78 is 18.1. The summed E-state index contributed by atoms with van der Waals surface area (Å²) in [5.74, 6) is -0.659. The number of pyridine rings is 1. The lowest BCUT2D eigenvalue weighted by atomic mass is 10.1. The lowest BCUT2D eigenvalue weighted by Crippen LogP contribution is -3.00. The molecule has 0 amide bonds. The van der Waals surface area contributed by atoms with Gasteiger partial charge >= 0.3 is 5.97 Å². The van der Waals surface area contributed by atoms with Crippen molar-refractivity contribution in [1.29, 1.82) is 0 Å². The van der Waals surface area contributed by atoms with Crippen molar-refractivity contribution < 1.29 is 26.3 Å². The maximum Gasteiger partial charge on any atom is 0.338 e. The second-order valence-corrected chi connectivity index (χ2v) is 5.40. The second kappa shape index (κ2) is 7.94. The number of ether oxygens (including phenoxy) is 1. The van der Waals surface area contributed by atoms with Gasteiger partial charge in [0.15, 0.2) is 0 Å². The van der Waals surface area contributed by atoms with Crippen molar-refractivity contribution in [3.05, 3.63) is 65.6 Å². The Bertz CT molecular complexity index is 898. The summed E-state index contributed by atoms with van der Waals surface area (Å²) in [5, 5.41) is 4.06. The molecule has 3 aromatic rings. The number of aryl methyl sites for hydroxylation is 1. The molecule has 1 N–H and O–H groups in total. The highest BCUT2D eigenvalue weighted by atomic mass is 35.5. The predicted molar refractivity (Wildman–Crippen MR) is 92.1 cm³/mol.